The average molecular weight is 191 g/mol. The van der Waals surface area contributed by atoms with Gasteiger partial charge in [-0.05, 0) is 24.8 Å². The van der Waals surface area contributed by atoms with E-state index < -0.39 is 0 Å². The lowest BCUT2D eigenvalue weighted by Gasteiger charge is -2.15. The van der Waals surface area contributed by atoms with Gasteiger partial charge in [-0.15, -0.1) is 0 Å². The van der Waals surface area contributed by atoms with Gasteiger partial charge in [0.2, 0.25) is 0 Å². The Morgan fingerprint density at radius 3 is 2.50 bits per heavy atom. The van der Waals surface area contributed by atoms with Crippen molar-refractivity contribution in [2.45, 2.75) is 18.8 Å². The second kappa shape index (κ2) is 3.37. The molecule has 2 nitrogen and oxygen atoms in total. The van der Waals surface area contributed by atoms with Crippen LogP contribution in [0.3, 0.4) is 0 Å². The van der Waals surface area contributed by atoms with E-state index in [1.807, 2.05) is 0 Å². The Hall–Kier alpha value is -0.860. The van der Waals surface area contributed by atoms with E-state index >= 15 is 0 Å². The fraction of sp³-hybridized carbons (Fsp3) is 0.500. The molecule has 3 N–H and O–H groups in total. The summed E-state index contributed by atoms with van der Waals surface area (Å²) in [6.45, 7) is 2.97. The van der Waals surface area contributed by atoms with E-state index in [1.165, 1.54) is 11.1 Å². The first-order valence-electron chi connectivity index (χ1n) is 5.11. The maximum Gasteiger partial charge on any atom is 0.0468 e. The quantitative estimate of drug-likeness (QED) is 0.754. The van der Waals surface area contributed by atoms with Crippen molar-refractivity contribution in [3.05, 3.63) is 35.4 Å². The minimum Gasteiger partial charge on any atom is -0.396 e. The van der Waals surface area contributed by atoms with Gasteiger partial charge in [0.1, 0.15) is 0 Å². The Balaban J connectivity index is 2.26. The van der Waals surface area contributed by atoms with Crippen molar-refractivity contribution in [2.24, 2.45) is 11.7 Å². The first kappa shape index (κ1) is 9.69. The third kappa shape index (κ3) is 1.35. The van der Waals surface area contributed by atoms with Gasteiger partial charge in [0.25, 0.3) is 0 Å². The molecule has 0 spiro atoms. The molecule has 0 aromatic heterocycles. The lowest BCUT2D eigenvalue weighted by atomic mass is 9.93. The lowest BCUT2D eigenvalue weighted by molar-refractivity contribution is 0.264. The maximum atomic E-state index is 9.13. The minimum absolute atomic E-state index is 0.0719. The van der Waals surface area contributed by atoms with Gasteiger partial charge in [-0.25, -0.2) is 0 Å². The lowest BCUT2D eigenvalue weighted by Crippen LogP contribution is -2.23. The Morgan fingerprint density at radius 1 is 1.43 bits per heavy atom. The van der Waals surface area contributed by atoms with Gasteiger partial charge < -0.3 is 10.8 Å². The molecule has 0 radical (unpaired) electrons. The van der Waals surface area contributed by atoms with E-state index in [1.54, 1.807) is 0 Å². The van der Waals surface area contributed by atoms with E-state index in [9.17, 15) is 0 Å². The van der Waals surface area contributed by atoms with Gasteiger partial charge in [-0.2, -0.15) is 0 Å². The molecule has 2 atom stereocenters. The molecule has 1 fully saturated rings. The Bertz CT molecular complexity index is 320. The maximum absolute atomic E-state index is 9.13. The molecule has 0 heterocycles. The molecule has 1 aliphatic rings. The highest BCUT2D eigenvalue weighted by Gasteiger charge is 2.53. The summed E-state index contributed by atoms with van der Waals surface area (Å²) in [4.78, 5) is 0. The van der Waals surface area contributed by atoms with Gasteiger partial charge in [0.05, 0.1) is 0 Å². The number of rotatable bonds is 3. The van der Waals surface area contributed by atoms with Crippen LogP contribution in [-0.4, -0.2) is 18.3 Å². The zero-order valence-electron chi connectivity index (χ0n) is 8.53. The van der Waals surface area contributed by atoms with Crippen molar-refractivity contribution in [2.75, 3.05) is 13.2 Å². The van der Waals surface area contributed by atoms with Gasteiger partial charge in [-0.1, -0.05) is 29.8 Å². The average Bonchev–Trinajstić information content (AvgIpc) is 2.94. The fourth-order valence-corrected chi connectivity index (χ4v) is 2.23. The third-order valence-electron chi connectivity index (χ3n) is 3.44. The molecule has 1 aliphatic carbocycles. The number of aliphatic hydroxyl groups is 1. The zero-order valence-corrected chi connectivity index (χ0v) is 8.53. The molecule has 0 aliphatic heterocycles. The van der Waals surface area contributed by atoms with Gasteiger partial charge in [-0.3, -0.25) is 0 Å². The molecule has 1 aromatic rings. The van der Waals surface area contributed by atoms with E-state index in [0.717, 1.165) is 6.42 Å². The van der Waals surface area contributed by atoms with Crippen LogP contribution in [0.25, 0.3) is 0 Å². The molecular weight excluding hydrogens is 174 g/mol. The van der Waals surface area contributed by atoms with Crippen molar-refractivity contribution >= 4 is 0 Å². The second-order valence-corrected chi connectivity index (χ2v) is 4.31. The smallest absolute Gasteiger partial charge is 0.0468 e. The van der Waals surface area contributed by atoms with Gasteiger partial charge in [0, 0.05) is 18.6 Å². The number of hydrogen-bond donors (Lipinski definition) is 2. The summed E-state index contributed by atoms with van der Waals surface area (Å²) in [6, 6.07) is 8.49. The highest BCUT2D eigenvalue weighted by atomic mass is 16.3. The summed E-state index contributed by atoms with van der Waals surface area (Å²) in [7, 11) is 0. The molecule has 0 amide bonds. The van der Waals surface area contributed by atoms with Crippen LogP contribution in [0.2, 0.25) is 0 Å². The number of hydrogen-bond acceptors (Lipinski definition) is 2. The van der Waals surface area contributed by atoms with Crippen molar-refractivity contribution in [3.63, 3.8) is 0 Å². The molecule has 0 bridgehead atoms. The van der Waals surface area contributed by atoms with E-state index in [-0.39, 0.29) is 12.0 Å². The molecule has 1 aromatic carbocycles. The highest BCUT2D eigenvalue weighted by Crippen LogP contribution is 2.53. The fourth-order valence-electron chi connectivity index (χ4n) is 2.23. The zero-order chi connectivity index (χ0) is 10.2. The van der Waals surface area contributed by atoms with Crippen molar-refractivity contribution in [1.29, 1.82) is 0 Å². The van der Waals surface area contributed by atoms with Crippen LogP contribution in [0.15, 0.2) is 24.3 Å². The predicted molar refractivity (Wildman–Crippen MR) is 57.1 cm³/mol. The number of aryl methyl sites for hydroxylation is 1. The normalized spacial score (nSPS) is 30.4. The van der Waals surface area contributed by atoms with E-state index in [2.05, 4.69) is 31.2 Å². The minimum atomic E-state index is 0.0719. The number of aliphatic hydroxyl groups excluding tert-OH is 1. The van der Waals surface area contributed by atoms with Crippen LogP contribution in [-0.2, 0) is 5.41 Å². The molecule has 2 rings (SSSR count). The predicted octanol–water partition coefficient (Wildman–Crippen LogP) is 1.20. The highest BCUT2D eigenvalue weighted by molar-refractivity contribution is 5.36. The van der Waals surface area contributed by atoms with Crippen LogP contribution in [0.5, 0.6) is 0 Å². The molecule has 76 valence electrons. The standard InChI is InChI=1S/C12H17NO/c1-9-2-4-10(5-3-9)12(8-13)6-11(12)7-14/h2-5,11,14H,6-8,13H2,1H3/t11-,12+/m0/s1. The molecule has 1 saturated carbocycles. The van der Waals surface area contributed by atoms with E-state index in [4.69, 9.17) is 10.8 Å². The van der Waals surface area contributed by atoms with Crippen LogP contribution >= 0.6 is 0 Å². The monoisotopic (exact) mass is 191 g/mol. The van der Waals surface area contributed by atoms with Gasteiger partial charge in [0.15, 0.2) is 0 Å². The first-order chi connectivity index (χ1) is 6.73. The van der Waals surface area contributed by atoms with Crippen molar-refractivity contribution in [1.82, 2.24) is 0 Å². The topological polar surface area (TPSA) is 46.2 Å². The van der Waals surface area contributed by atoms with Crippen LogP contribution in [0, 0.1) is 12.8 Å². The van der Waals surface area contributed by atoms with Crippen molar-refractivity contribution in [3.8, 4) is 0 Å². The SMILES string of the molecule is Cc1ccc([C@]2(CN)C[C@H]2CO)cc1. The Labute approximate surface area is 84.7 Å². The summed E-state index contributed by atoms with van der Waals surface area (Å²) in [5.41, 5.74) is 8.41. The van der Waals surface area contributed by atoms with Crippen molar-refractivity contribution < 1.29 is 5.11 Å². The number of benzene rings is 1. The summed E-state index contributed by atoms with van der Waals surface area (Å²) in [5.74, 6) is 0.371. The molecular formula is C12H17NO. The Morgan fingerprint density at radius 2 is 2.07 bits per heavy atom. The van der Waals surface area contributed by atoms with Crippen LogP contribution < -0.4 is 5.73 Å². The molecule has 14 heavy (non-hydrogen) atoms. The molecule has 2 heteroatoms. The summed E-state index contributed by atoms with van der Waals surface area (Å²) >= 11 is 0. The summed E-state index contributed by atoms with van der Waals surface area (Å²) in [5, 5.41) is 9.13. The van der Waals surface area contributed by atoms with Crippen LogP contribution in [0.4, 0.5) is 0 Å². The van der Waals surface area contributed by atoms with Crippen LogP contribution in [0.1, 0.15) is 17.5 Å². The first-order valence-corrected chi connectivity index (χ1v) is 5.11. The summed E-state index contributed by atoms with van der Waals surface area (Å²) in [6.07, 6.45) is 1.03. The second-order valence-electron chi connectivity index (χ2n) is 4.31. The van der Waals surface area contributed by atoms with Gasteiger partial charge >= 0.3 is 0 Å². The van der Waals surface area contributed by atoms with E-state index in [0.29, 0.717) is 12.5 Å². The molecule has 0 saturated heterocycles. The summed E-state index contributed by atoms with van der Waals surface area (Å²) < 4.78 is 0. The molecule has 0 unspecified atom stereocenters. The number of nitrogens with two attached hydrogens (primary N) is 1. The third-order valence-corrected chi connectivity index (χ3v) is 3.44. The largest absolute Gasteiger partial charge is 0.396 e. The Kier molecular flexibility index (Phi) is 2.33.